The Morgan fingerprint density at radius 1 is 1.04 bits per heavy atom. The van der Waals surface area contributed by atoms with Crippen LogP contribution >= 0.6 is 0 Å². The third-order valence-corrected chi connectivity index (χ3v) is 4.18. The molecular weight excluding hydrogens is 316 g/mol. The summed E-state index contributed by atoms with van der Waals surface area (Å²) >= 11 is 0. The van der Waals surface area contributed by atoms with Gasteiger partial charge in [-0.1, -0.05) is 32.0 Å². The van der Waals surface area contributed by atoms with Crippen LogP contribution in [0.25, 0.3) is 0 Å². The summed E-state index contributed by atoms with van der Waals surface area (Å²) in [5.41, 5.74) is 2.42. The Bertz CT molecular complexity index is 836. The summed E-state index contributed by atoms with van der Waals surface area (Å²) in [5.74, 6) is -0.594. The molecule has 0 aliphatic carbocycles. The van der Waals surface area contributed by atoms with Crippen LogP contribution in [0.4, 0.5) is 5.69 Å². The van der Waals surface area contributed by atoms with E-state index in [0.717, 1.165) is 10.5 Å². The molecule has 0 saturated heterocycles. The lowest BCUT2D eigenvalue weighted by Gasteiger charge is -2.18. The number of carbonyl (C=O) groups excluding carboxylic acids is 3. The van der Waals surface area contributed by atoms with E-state index < -0.39 is 0 Å². The topological polar surface area (TPSA) is 66.5 Å². The first-order chi connectivity index (χ1) is 11.9. The lowest BCUT2D eigenvalue weighted by molar-refractivity contribution is 0.0918. The first kappa shape index (κ1) is 16.9. The van der Waals surface area contributed by atoms with E-state index in [4.69, 9.17) is 0 Å². The highest BCUT2D eigenvalue weighted by atomic mass is 16.2. The second-order valence-corrected chi connectivity index (χ2v) is 6.60. The minimum Gasteiger partial charge on any atom is -0.352 e. The fourth-order valence-corrected chi connectivity index (χ4v) is 2.80. The molecule has 5 nitrogen and oxygen atoms in total. The number of benzene rings is 2. The van der Waals surface area contributed by atoms with Gasteiger partial charge in [0.1, 0.15) is 0 Å². The molecule has 1 N–H and O–H groups in total. The van der Waals surface area contributed by atoms with E-state index >= 15 is 0 Å². The second-order valence-electron chi connectivity index (χ2n) is 6.60. The molecule has 2 aromatic rings. The van der Waals surface area contributed by atoms with Gasteiger partial charge in [0, 0.05) is 12.1 Å². The van der Waals surface area contributed by atoms with Crippen LogP contribution < -0.4 is 10.2 Å². The molecule has 0 bridgehead atoms. The highest BCUT2D eigenvalue weighted by Crippen LogP contribution is 2.31. The maximum absolute atomic E-state index is 12.7. The molecule has 0 aromatic heterocycles. The quantitative estimate of drug-likeness (QED) is 0.872. The zero-order valence-corrected chi connectivity index (χ0v) is 14.5. The normalized spacial score (nSPS) is 13.4. The number of carbonyl (C=O) groups is 3. The van der Waals surface area contributed by atoms with Crippen LogP contribution in [-0.4, -0.2) is 24.3 Å². The number of anilines is 1. The van der Waals surface area contributed by atoms with Gasteiger partial charge in [0.15, 0.2) is 0 Å². The molecule has 2 aromatic carbocycles. The van der Waals surface area contributed by atoms with Crippen LogP contribution in [0.2, 0.25) is 0 Å². The van der Waals surface area contributed by atoms with E-state index in [0.29, 0.717) is 34.8 Å². The number of aryl methyl sites for hydroxylation is 1. The molecule has 1 aliphatic heterocycles. The predicted octanol–water partition coefficient (Wildman–Crippen LogP) is 3.18. The van der Waals surface area contributed by atoms with Crippen LogP contribution in [-0.2, 0) is 0 Å². The van der Waals surface area contributed by atoms with Crippen molar-refractivity contribution in [3.8, 4) is 0 Å². The van der Waals surface area contributed by atoms with Gasteiger partial charge < -0.3 is 5.32 Å². The van der Waals surface area contributed by atoms with Gasteiger partial charge in [0.2, 0.25) is 0 Å². The van der Waals surface area contributed by atoms with Crippen molar-refractivity contribution in [2.24, 2.45) is 5.92 Å². The fraction of sp³-hybridized carbons (Fsp3) is 0.250. The van der Waals surface area contributed by atoms with Gasteiger partial charge in [-0.15, -0.1) is 0 Å². The molecule has 3 amide bonds. The Labute approximate surface area is 146 Å². The van der Waals surface area contributed by atoms with E-state index in [1.165, 1.54) is 0 Å². The zero-order chi connectivity index (χ0) is 18.1. The third kappa shape index (κ3) is 3.05. The van der Waals surface area contributed by atoms with Crippen molar-refractivity contribution < 1.29 is 14.4 Å². The van der Waals surface area contributed by atoms with Crippen molar-refractivity contribution >= 4 is 23.4 Å². The molecule has 128 valence electrons. The number of fused-ring (bicyclic) bond motifs is 1. The Kier molecular flexibility index (Phi) is 4.40. The fourth-order valence-electron chi connectivity index (χ4n) is 2.80. The summed E-state index contributed by atoms with van der Waals surface area (Å²) in [5, 5.41) is 2.85. The van der Waals surface area contributed by atoms with Gasteiger partial charge >= 0.3 is 0 Å². The molecule has 5 heteroatoms. The number of rotatable bonds is 4. The minimum absolute atomic E-state index is 0.216. The smallest absolute Gasteiger partial charge is 0.266 e. The lowest BCUT2D eigenvalue weighted by atomic mass is 10.1. The number of amides is 3. The van der Waals surface area contributed by atoms with Crippen molar-refractivity contribution in [3.63, 3.8) is 0 Å². The average Bonchev–Trinajstić information content (AvgIpc) is 2.85. The molecule has 0 fully saturated rings. The van der Waals surface area contributed by atoms with Gasteiger partial charge in [-0.2, -0.15) is 0 Å². The van der Waals surface area contributed by atoms with E-state index in [1.54, 1.807) is 42.5 Å². The predicted molar refractivity (Wildman–Crippen MR) is 95.9 cm³/mol. The van der Waals surface area contributed by atoms with Crippen LogP contribution in [0, 0.1) is 12.8 Å². The summed E-state index contributed by atoms with van der Waals surface area (Å²) in [6, 6.07) is 11.8. The Morgan fingerprint density at radius 3 is 2.20 bits per heavy atom. The van der Waals surface area contributed by atoms with E-state index in [-0.39, 0.29) is 17.7 Å². The van der Waals surface area contributed by atoms with E-state index in [1.807, 2.05) is 20.8 Å². The molecule has 1 aliphatic rings. The number of imide groups is 1. The molecular formula is C20H20N2O3. The third-order valence-electron chi connectivity index (χ3n) is 4.18. The number of hydrogen-bond acceptors (Lipinski definition) is 3. The molecule has 0 atom stereocenters. The molecule has 0 saturated carbocycles. The lowest BCUT2D eigenvalue weighted by Crippen LogP contribution is -2.31. The Hall–Kier alpha value is -2.95. The zero-order valence-electron chi connectivity index (χ0n) is 14.5. The van der Waals surface area contributed by atoms with Crippen LogP contribution in [0.1, 0.15) is 50.5 Å². The number of nitrogens with one attached hydrogen (secondary N) is 1. The monoisotopic (exact) mass is 336 g/mol. The van der Waals surface area contributed by atoms with Crippen molar-refractivity contribution in [1.82, 2.24) is 5.32 Å². The van der Waals surface area contributed by atoms with Crippen molar-refractivity contribution in [2.45, 2.75) is 20.8 Å². The molecule has 0 radical (unpaired) electrons. The molecule has 0 unspecified atom stereocenters. The van der Waals surface area contributed by atoms with Crippen molar-refractivity contribution in [1.29, 1.82) is 0 Å². The van der Waals surface area contributed by atoms with Crippen molar-refractivity contribution in [2.75, 3.05) is 11.4 Å². The SMILES string of the molecule is Cc1ccc(C(=O)NCC(C)C)cc1N1C(=O)c2ccccc2C1=O. The minimum atomic E-state index is -0.358. The largest absolute Gasteiger partial charge is 0.352 e. The highest BCUT2D eigenvalue weighted by Gasteiger charge is 2.37. The Balaban J connectivity index is 1.96. The van der Waals surface area contributed by atoms with Crippen LogP contribution in [0.15, 0.2) is 42.5 Å². The van der Waals surface area contributed by atoms with E-state index in [2.05, 4.69) is 5.32 Å². The number of hydrogen-bond donors (Lipinski definition) is 1. The number of nitrogens with zero attached hydrogens (tertiary/aromatic N) is 1. The summed E-state index contributed by atoms with van der Waals surface area (Å²) in [4.78, 5) is 38.8. The van der Waals surface area contributed by atoms with Gasteiger partial charge in [-0.25, -0.2) is 4.90 Å². The molecule has 1 heterocycles. The first-order valence-electron chi connectivity index (χ1n) is 8.27. The molecule has 3 rings (SSSR count). The average molecular weight is 336 g/mol. The maximum Gasteiger partial charge on any atom is 0.266 e. The standard InChI is InChI=1S/C20H20N2O3/c1-12(2)11-21-18(23)14-9-8-13(3)17(10-14)22-19(24)15-6-4-5-7-16(15)20(22)25/h4-10,12H,11H2,1-3H3,(H,21,23). The molecule has 0 spiro atoms. The summed E-state index contributed by atoms with van der Waals surface area (Å²) in [6.45, 7) is 6.41. The molecule has 25 heavy (non-hydrogen) atoms. The van der Waals surface area contributed by atoms with Crippen LogP contribution in [0.5, 0.6) is 0 Å². The Morgan fingerprint density at radius 2 is 1.64 bits per heavy atom. The summed E-state index contributed by atoms with van der Waals surface area (Å²) < 4.78 is 0. The van der Waals surface area contributed by atoms with Gasteiger partial charge in [-0.05, 0) is 42.7 Å². The summed E-state index contributed by atoms with van der Waals surface area (Å²) in [6.07, 6.45) is 0. The van der Waals surface area contributed by atoms with E-state index in [9.17, 15) is 14.4 Å². The highest BCUT2D eigenvalue weighted by molar-refractivity contribution is 6.34. The van der Waals surface area contributed by atoms with Crippen molar-refractivity contribution in [3.05, 3.63) is 64.7 Å². The van der Waals surface area contributed by atoms with Gasteiger partial charge in [0.25, 0.3) is 17.7 Å². The first-order valence-corrected chi connectivity index (χ1v) is 8.27. The second kappa shape index (κ2) is 6.51. The summed E-state index contributed by atoms with van der Waals surface area (Å²) in [7, 11) is 0. The maximum atomic E-state index is 12.7. The van der Waals surface area contributed by atoms with Gasteiger partial charge in [0.05, 0.1) is 16.8 Å². The van der Waals surface area contributed by atoms with Gasteiger partial charge in [-0.3, -0.25) is 14.4 Å². The van der Waals surface area contributed by atoms with Crippen LogP contribution in [0.3, 0.4) is 0 Å².